The Hall–Kier alpha value is -2.10. The van der Waals surface area contributed by atoms with Crippen molar-refractivity contribution in [3.05, 3.63) is 29.8 Å². The molecule has 8 nitrogen and oxygen atoms in total. The van der Waals surface area contributed by atoms with Crippen LogP contribution in [0.2, 0.25) is 0 Å². The van der Waals surface area contributed by atoms with Gasteiger partial charge in [0, 0.05) is 26.1 Å². The maximum atomic E-state index is 12.8. The van der Waals surface area contributed by atoms with Crippen LogP contribution in [-0.2, 0) is 16.0 Å². The first-order valence-corrected chi connectivity index (χ1v) is 7.98. The monoisotopic (exact) mass is 355 g/mol. The van der Waals surface area contributed by atoms with Crippen molar-refractivity contribution >= 4 is 11.8 Å². The molecular weight excluding hydrogens is 333 g/mol. The predicted octanol–water partition coefficient (Wildman–Crippen LogP) is -1.42. The van der Waals surface area contributed by atoms with Gasteiger partial charge in [-0.1, -0.05) is 6.07 Å². The summed E-state index contributed by atoms with van der Waals surface area (Å²) in [6, 6.07) is 0.789. The second-order valence-corrected chi connectivity index (χ2v) is 5.97. The minimum Gasteiger partial charge on any atom is -0.394 e. The smallest absolute Gasteiger partial charge is 0.223 e. The van der Waals surface area contributed by atoms with Crippen LogP contribution in [0.3, 0.4) is 0 Å². The van der Waals surface area contributed by atoms with Crippen molar-refractivity contribution in [2.45, 2.75) is 43.6 Å². The van der Waals surface area contributed by atoms with Crippen molar-refractivity contribution in [2.75, 3.05) is 13.7 Å². The first-order chi connectivity index (χ1) is 11.9. The Labute approximate surface area is 144 Å². The van der Waals surface area contributed by atoms with E-state index in [1.165, 1.54) is 30.3 Å². The lowest BCUT2D eigenvalue weighted by Gasteiger charge is -2.29. The zero-order valence-corrected chi connectivity index (χ0v) is 13.8. The van der Waals surface area contributed by atoms with E-state index in [-0.39, 0.29) is 19.3 Å². The average molecular weight is 355 g/mol. The molecule has 138 valence electrons. The third kappa shape index (κ3) is 4.30. The maximum absolute atomic E-state index is 12.8. The Kier molecular flexibility index (Phi) is 6.40. The summed E-state index contributed by atoms with van der Waals surface area (Å²) >= 11 is 0. The number of aryl methyl sites for hydroxylation is 1. The molecule has 1 aromatic rings. The van der Waals surface area contributed by atoms with Gasteiger partial charge in [-0.15, -0.1) is 0 Å². The first-order valence-electron chi connectivity index (χ1n) is 7.98. The summed E-state index contributed by atoms with van der Waals surface area (Å²) in [6.45, 7) is -0.535. The van der Waals surface area contributed by atoms with E-state index in [1.807, 2.05) is 0 Å². The van der Waals surface area contributed by atoms with Crippen LogP contribution in [0, 0.1) is 5.95 Å². The average Bonchev–Trinajstić information content (AvgIpc) is 2.85. The summed E-state index contributed by atoms with van der Waals surface area (Å²) in [5, 5.41) is 32.1. The van der Waals surface area contributed by atoms with E-state index in [1.54, 1.807) is 0 Å². The molecule has 1 saturated heterocycles. The molecule has 1 aliphatic rings. The Morgan fingerprint density at radius 3 is 2.52 bits per heavy atom. The predicted molar refractivity (Wildman–Crippen MR) is 84.7 cm³/mol. The van der Waals surface area contributed by atoms with Crippen LogP contribution in [-0.4, -0.2) is 75.0 Å². The van der Waals surface area contributed by atoms with Gasteiger partial charge in [0.05, 0.1) is 18.7 Å². The summed E-state index contributed by atoms with van der Waals surface area (Å²) in [5.74, 6) is -1.44. The number of carbonyl (C=O) groups excluding carboxylic acids is 2. The third-order valence-corrected chi connectivity index (χ3v) is 4.42. The van der Waals surface area contributed by atoms with Crippen molar-refractivity contribution in [3.8, 4) is 0 Å². The second-order valence-electron chi connectivity index (χ2n) is 5.97. The van der Waals surface area contributed by atoms with Crippen molar-refractivity contribution in [1.82, 2.24) is 15.2 Å². The molecule has 2 heterocycles. The minimum atomic E-state index is -1.34. The number of carbonyl (C=O) groups is 2. The van der Waals surface area contributed by atoms with Crippen molar-refractivity contribution in [3.63, 3.8) is 0 Å². The molecule has 1 fully saturated rings. The number of likely N-dealkylation sites (tertiary alicyclic amines) is 1. The highest BCUT2D eigenvalue weighted by molar-refractivity contribution is 5.81. The molecule has 4 N–H and O–H groups in total. The van der Waals surface area contributed by atoms with Gasteiger partial charge in [-0.2, -0.15) is 4.39 Å². The molecule has 4 atom stereocenters. The molecule has 0 bridgehead atoms. The van der Waals surface area contributed by atoms with Gasteiger partial charge in [0.1, 0.15) is 12.2 Å². The van der Waals surface area contributed by atoms with E-state index in [0.29, 0.717) is 5.56 Å². The normalized spacial score (nSPS) is 25.9. The quantitative estimate of drug-likeness (QED) is 0.465. The van der Waals surface area contributed by atoms with E-state index in [9.17, 15) is 29.3 Å². The van der Waals surface area contributed by atoms with Crippen LogP contribution in [0.5, 0.6) is 0 Å². The van der Waals surface area contributed by atoms with Crippen LogP contribution in [0.4, 0.5) is 4.39 Å². The van der Waals surface area contributed by atoms with E-state index < -0.39 is 48.7 Å². The summed E-state index contributed by atoms with van der Waals surface area (Å²) in [4.78, 5) is 28.9. The van der Waals surface area contributed by atoms with Gasteiger partial charge < -0.3 is 25.5 Å². The standard InChI is InChI=1S/C16H22FN3O5/c1-18-13(22)6-10-15(24)16(25)11(8-21)20(10)14(23)5-3-9-2-4-12(17)19-7-9/h2,4,7,10-11,15-16,21,24-25H,3,5-6,8H2,1H3,(H,18,22)/t10-,11-,15-,16-/m1/s1. The highest BCUT2D eigenvalue weighted by atomic mass is 19.1. The van der Waals surface area contributed by atoms with Crippen LogP contribution in [0.25, 0.3) is 0 Å². The van der Waals surface area contributed by atoms with E-state index in [2.05, 4.69) is 10.3 Å². The highest BCUT2D eigenvalue weighted by Crippen LogP contribution is 2.28. The Morgan fingerprint density at radius 2 is 1.96 bits per heavy atom. The van der Waals surface area contributed by atoms with Gasteiger partial charge in [0.25, 0.3) is 0 Å². The lowest BCUT2D eigenvalue weighted by Crippen LogP contribution is -2.47. The molecule has 2 rings (SSSR count). The largest absolute Gasteiger partial charge is 0.394 e. The van der Waals surface area contributed by atoms with Gasteiger partial charge in [0.2, 0.25) is 17.8 Å². The lowest BCUT2D eigenvalue weighted by atomic mass is 10.1. The van der Waals surface area contributed by atoms with E-state index >= 15 is 0 Å². The topological polar surface area (TPSA) is 123 Å². The zero-order chi connectivity index (χ0) is 18.6. The number of hydrogen-bond donors (Lipinski definition) is 4. The molecule has 0 spiro atoms. The molecule has 0 saturated carbocycles. The fourth-order valence-corrected chi connectivity index (χ4v) is 3.04. The number of halogens is 1. The van der Waals surface area contributed by atoms with Gasteiger partial charge in [-0.3, -0.25) is 9.59 Å². The number of nitrogens with zero attached hydrogens (tertiary/aromatic N) is 2. The number of hydrogen-bond acceptors (Lipinski definition) is 6. The molecule has 9 heteroatoms. The van der Waals surface area contributed by atoms with Crippen molar-refractivity contribution in [1.29, 1.82) is 0 Å². The maximum Gasteiger partial charge on any atom is 0.223 e. The molecule has 1 aromatic heterocycles. The van der Waals surface area contributed by atoms with Gasteiger partial charge in [-0.25, -0.2) is 4.98 Å². The molecule has 0 radical (unpaired) electrons. The zero-order valence-electron chi connectivity index (χ0n) is 13.8. The molecule has 25 heavy (non-hydrogen) atoms. The van der Waals surface area contributed by atoms with Crippen LogP contribution < -0.4 is 5.32 Å². The minimum absolute atomic E-state index is 0.00744. The summed E-state index contributed by atoms with van der Waals surface area (Å²) in [5.41, 5.74) is 0.651. The van der Waals surface area contributed by atoms with Crippen LogP contribution >= 0.6 is 0 Å². The molecule has 2 amide bonds. The second kappa shape index (κ2) is 8.32. The van der Waals surface area contributed by atoms with Gasteiger partial charge >= 0.3 is 0 Å². The fraction of sp³-hybridized carbons (Fsp3) is 0.562. The number of aliphatic hydroxyl groups is 3. The summed E-state index contributed by atoms with van der Waals surface area (Å²) in [7, 11) is 1.43. The fourth-order valence-electron chi connectivity index (χ4n) is 3.04. The molecule has 0 aromatic carbocycles. The number of aromatic nitrogens is 1. The summed E-state index contributed by atoms with van der Waals surface area (Å²) < 4.78 is 12.8. The Morgan fingerprint density at radius 1 is 1.28 bits per heavy atom. The number of nitrogens with one attached hydrogen (secondary N) is 1. The van der Waals surface area contributed by atoms with Gasteiger partial charge in [-0.05, 0) is 18.1 Å². The van der Waals surface area contributed by atoms with E-state index in [4.69, 9.17) is 0 Å². The van der Waals surface area contributed by atoms with Crippen molar-refractivity contribution < 1.29 is 29.3 Å². The van der Waals surface area contributed by atoms with Gasteiger partial charge in [0.15, 0.2) is 0 Å². The molecule has 1 aliphatic heterocycles. The highest BCUT2D eigenvalue weighted by Gasteiger charge is 2.49. The molecular formula is C16H22FN3O5. The van der Waals surface area contributed by atoms with Crippen molar-refractivity contribution in [2.24, 2.45) is 0 Å². The van der Waals surface area contributed by atoms with Crippen LogP contribution in [0.15, 0.2) is 18.3 Å². The lowest BCUT2D eigenvalue weighted by molar-refractivity contribution is -0.137. The number of pyridine rings is 1. The molecule has 0 aliphatic carbocycles. The summed E-state index contributed by atoms with van der Waals surface area (Å²) in [6.07, 6.45) is -1.24. The number of aliphatic hydroxyl groups excluding tert-OH is 3. The SMILES string of the molecule is CNC(=O)C[C@@H]1[C@@H](O)[C@H](O)[C@@H](CO)N1C(=O)CCc1ccc(F)nc1. The van der Waals surface area contributed by atoms with Crippen LogP contribution in [0.1, 0.15) is 18.4 Å². The first kappa shape index (κ1) is 19.2. The third-order valence-electron chi connectivity index (χ3n) is 4.42. The number of rotatable bonds is 6. The molecule has 0 unspecified atom stereocenters. The van der Waals surface area contributed by atoms with E-state index in [0.717, 1.165) is 0 Å². The number of amides is 2. The Balaban J connectivity index is 2.11. The Bertz CT molecular complexity index is 612.